The van der Waals surface area contributed by atoms with Crippen molar-refractivity contribution in [2.75, 3.05) is 31.1 Å². The number of hydrogen-bond donors (Lipinski definition) is 2. The van der Waals surface area contributed by atoms with Gasteiger partial charge in [-0.1, -0.05) is 47.5 Å². The molecule has 0 bridgehead atoms. The highest BCUT2D eigenvalue weighted by Gasteiger charge is 2.34. The molecule has 2 saturated heterocycles. The molecule has 2 unspecified atom stereocenters. The molecule has 27 heavy (non-hydrogen) atoms. The highest BCUT2D eigenvalue weighted by Crippen LogP contribution is 2.25. The molecule has 4 rings (SSSR count). The molecule has 1 amide bonds. The third kappa shape index (κ3) is 4.10. The summed E-state index contributed by atoms with van der Waals surface area (Å²) >= 11 is 6.10. The Balaban J connectivity index is 1.32. The van der Waals surface area contributed by atoms with Gasteiger partial charge in [0, 0.05) is 42.9 Å². The number of hydrazine groups is 1. The van der Waals surface area contributed by atoms with Crippen LogP contribution in [0.1, 0.15) is 23.6 Å². The zero-order valence-electron chi connectivity index (χ0n) is 15.5. The molecule has 5 nitrogen and oxygen atoms in total. The number of nitrogens with zero attached hydrogens (tertiary/aromatic N) is 2. The largest absolute Gasteiger partial charge is 0.368 e. The predicted octanol–water partition coefficient (Wildman–Crippen LogP) is 2.90. The summed E-state index contributed by atoms with van der Waals surface area (Å²) in [6, 6.07) is 16.4. The van der Waals surface area contributed by atoms with Gasteiger partial charge in [0.05, 0.1) is 0 Å². The molecule has 2 atom stereocenters. The van der Waals surface area contributed by atoms with Crippen molar-refractivity contribution in [3.63, 3.8) is 0 Å². The van der Waals surface area contributed by atoms with Gasteiger partial charge in [-0.3, -0.25) is 4.79 Å². The summed E-state index contributed by atoms with van der Waals surface area (Å²) in [6.07, 6.45) is 0.774. The zero-order valence-corrected chi connectivity index (χ0v) is 16.2. The van der Waals surface area contributed by atoms with Crippen molar-refractivity contribution < 1.29 is 4.79 Å². The summed E-state index contributed by atoms with van der Waals surface area (Å²) < 4.78 is 0. The molecular weight excluding hydrogens is 360 g/mol. The number of aryl methyl sites for hydroxylation is 1. The summed E-state index contributed by atoms with van der Waals surface area (Å²) in [5.74, 6) is 0.183. The van der Waals surface area contributed by atoms with E-state index in [1.54, 1.807) is 0 Å². The normalized spacial score (nSPS) is 22.9. The van der Waals surface area contributed by atoms with Crippen LogP contribution in [-0.2, 0) is 4.79 Å². The number of amides is 1. The number of piperazine rings is 1. The van der Waals surface area contributed by atoms with Crippen LogP contribution in [-0.4, -0.2) is 43.0 Å². The van der Waals surface area contributed by atoms with E-state index in [-0.39, 0.29) is 18.0 Å². The van der Waals surface area contributed by atoms with E-state index in [0.29, 0.717) is 0 Å². The summed E-state index contributed by atoms with van der Waals surface area (Å²) in [4.78, 5) is 17.2. The lowest BCUT2D eigenvalue weighted by Gasteiger charge is -2.37. The Hall–Kier alpha value is -2.08. The van der Waals surface area contributed by atoms with E-state index in [1.807, 2.05) is 23.1 Å². The lowest BCUT2D eigenvalue weighted by molar-refractivity contribution is -0.133. The van der Waals surface area contributed by atoms with Gasteiger partial charge in [-0.15, -0.1) is 0 Å². The molecule has 2 aliphatic rings. The molecule has 2 fully saturated rings. The summed E-state index contributed by atoms with van der Waals surface area (Å²) in [5, 5.41) is 0.745. The molecule has 2 aromatic carbocycles. The smallest absolute Gasteiger partial charge is 0.241 e. The molecule has 0 aromatic heterocycles. The highest BCUT2D eigenvalue weighted by atomic mass is 35.5. The van der Waals surface area contributed by atoms with Crippen molar-refractivity contribution in [1.82, 2.24) is 15.8 Å². The molecule has 2 aromatic rings. The molecule has 0 aliphatic carbocycles. The van der Waals surface area contributed by atoms with Gasteiger partial charge in [-0.25, -0.2) is 10.9 Å². The lowest BCUT2D eigenvalue weighted by atomic mass is 10.0. The summed E-state index contributed by atoms with van der Waals surface area (Å²) in [7, 11) is 0. The first-order chi connectivity index (χ1) is 13.1. The number of rotatable bonds is 3. The molecule has 2 heterocycles. The van der Waals surface area contributed by atoms with Gasteiger partial charge in [0.15, 0.2) is 0 Å². The maximum atomic E-state index is 12.9. The van der Waals surface area contributed by atoms with E-state index in [2.05, 4.69) is 53.0 Å². The van der Waals surface area contributed by atoms with Gasteiger partial charge in [-0.05, 0) is 37.1 Å². The van der Waals surface area contributed by atoms with Crippen LogP contribution in [0.4, 0.5) is 5.69 Å². The van der Waals surface area contributed by atoms with Crippen LogP contribution in [0.15, 0.2) is 48.5 Å². The van der Waals surface area contributed by atoms with Gasteiger partial charge < -0.3 is 9.80 Å². The number of benzene rings is 2. The molecule has 2 aliphatic heterocycles. The van der Waals surface area contributed by atoms with Gasteiger partial charge in [0.1, 0.15) is 6.04 Å². The molecule has 0 radical (unpaired) electrons. The average molecular weight is 385 g/mol. The number of anilines is 1. The van der Waals surface area contributed by atoms with E-state index in [9.17, 15) is 4.79 Å². The molecule has 0 saturated carbocycles. The molecular formula is C21H25ClN4O. The van der Waals surface area contributed by atoms with Gasteiger partial charge >= 0.3 is 0 Å². The molecule has 142 valence electrons. The van der Waals surface area contributed by atoms with Crippen LogP contribution >= 0.6 is 11.6 Å². The van der Waals surface area contributed by atoms with E-state index < -0.39 is 0 Å². The van der Waals surface area contributed by atoms with Crippen LogP contribution < -0.4 is 15.8 Å². The lowest BCUT2D eigenvalue weighted by Crippen LogP contribution is -2.53. The number of carbonyl (C=O) groups is 1. The van der Waals surface area contributed by atoms with E-state index in [0.717, 1.165) is 43.3 Å². The van der Waals surface area contributed by atoms with Crippen LogP contribution in [0.3, 0.4) is 0 Å². The van der Waals surface area contributed by atoms with Crippen molar-refractivity contribution in [2.45, 2.75) is 25.4 Å². The van der Waals surface area contributed by atoms with Crippen LogP contribution in [0.5, 0.6) is 0 Å². The molecule has 6 heteroatoms. The Labute approximate surface area is 165 Å². The van der Waals surface area contributed by atoms with E-state index in [1.165, 1.54) is 11.1 Å². The van der Waals surface area contributed by atoms with E-state index >= 15 is 0 Å². The Morgan fingerprint density at radius 2 is 1.78 bits per heavy atom. The molecule has 0 spiro atoms. The first-order valence-corrected chi connectivity index (χ1v) is 9.85. The number of carbonyl (C=O) groups excluding carboxylic acids is 1. The van der Waals surface area contributed by atoms with Crippen molar-refractivity contribution in [3.8, 4) is 0 Å². The maximum absolute atomic E-state index is 12.9. The fourth-order valence-corrected chi connectivity index (χ4v) is 4.00. The minimum Gasteiger partial charge on any atom is -0.368 e. The van der Waals surface area contributed by atoms with Crippen LogP contribution in [0.25, 0.3) is 0 Å². The first kappa shape index (κ1) is 18.3. The Kier molecular flexibility index (Phi) is 5.34. The second-order valence-corrected chi connectivity index (χ2v) is 7.77. The number of nitrogens with one attached hydrogen (secondary N) is 2. The van der Waals surface area contributed by atoms with Crippen molar-refractivity contribution in [3.05, 3.63) is 64.7 Å². The number of halogens is 1. The standard InChI is InChI=1S/C21H25ClN4O/c1-15-5-7-16(8-6-15)19-14-20(24-23-19)21(27)26-11-9-25(10-12-26)18-4-2-3-17(22)13-18/h2-8,13,19-20,23-24H,9-12,14H2,1H3. The summed E-state index contributed by atoms with van der Waals surface area (Å²) in [5.41, 5.74) is 10.1. The van der Waals surface area contributed by atoms with Crippen molar-refractivity contribution >= 4 is 23.2 Å². The molecule has 2 N–H and O–H groups in total. The zero-order chi connectivity index (χ0) is 18.8. The third-order valence-electron chi connectivity index (χ3n) is 5.45. The fourth-order valence-electron chi connectivity index (χ4n) is 3.81. The maximum Gasteiger partial charge on any atom is 0.241 e. The minimum atomic E-state index is -0.172. The average Bonchev–Trinajstić information content (AvgIpc) is 3.18. The highest BCUT2D eigenvalue weighted by molar-refractivity contribution is 6.30. The Bertz CT molecular complexity index is 802. The minimum absolute atomic E-state index is 0.172. The van der Waals surface area contributed by atoms with Crippen molar-refractivity contribution in [1.29, 1.82) is 0 Å². The SMILES string of the molecule is Cc1ccc(C2CC(C(=O)N3CCN(c4cccc(Cl)c4)CC3)NN2)cc1. The summed E-state index contributed by atoms with van der Waals surface area (Å²) in [6.45, 7) is 5.21. The van der Waals surface area contributed by atoms with Gasteiger partial charge in [0.2, 0.25) is 5.91 Å². The van der Waals surface area contributed by atoms with Gasteiger partial charge in [-0.2, -0.15) is 0 Å². The third-order valence-corrected chi connectivity index (χ3v) is 5.68. The Morgan fingerprint density at radius 3 is 2.48 bits per heavy atom. The van der Waals surface area contributed by atoms with Crippen LogP contribution in [0, 0.1) is 6.92 Å². The topological polar surface area (TPSA) is 47.6 Å². The second-order valence-electron chi connectivity index (χ2n) is 7.33. The van der Waals surface area contributed by atoms with Gasteiger partial charge in [0.25, 0.3) is 0 Å². The fraction of sp³-hybridized carbons (Fsp3) is 0.381. The quantitative estimate of drug-likeness (QED) is 0.854. The number of hydrogen-bond acceptors (Lipinski definition) is 4. The predicted molar refractivity (Wildman–Crippen MR) is 109 cm³/mol. The monoisotopic (exact) mass is 384 g/mol. The Morgan fingerprint density at radius 1 is 1.04 bits per heavy atom. The van der Waals surface area contributed by atoms with Crippen molar-refractivity contribution in [2.24, 2.45) is 0 Å². The van der Waals surface area contributed by atoms with Crippen LogP contribution in [0.2, 0.25) is 5.02 Å². The second kappa shape index (κ2) is 7.89. The van der Waals surface area contributed by atoms with E-state index in [4.69, 9.17) is 11.6 Å². The first-order valence-electron chi connectivity index (χ1n) is 9.47.